The molecule has 0 saturated carbocycles. The number of ether oxygens (including phenoxy) is 1. The van der Waals surface area contributed by atoms with Crippen molar-refractivity contribution < 1.29 is 44.0 Å². The first kappa shape index (κ1) is 14.0. The predicted octanol–water partition coefficient (Wildman–Crippen LogP) is -4.37. The zero-order chi connectivity index (χ0) is 12.5. The summed E-state index contributed by atoms with van der Waals surface area (Å²) >= 11 is 0. The van der Waals surface area contributed by atoms with Crippen LogP contribution in [0.25, 0.3) is 0 Å². The van der Waals surface area contributed by atoms with Crippen molar-refractivity contribution in [1.29, 1.82) is 0 Å². The van der Waals surface area contributed by atoms with Gasteiger partial charge in [0.05, 0.1) is 14.4 Å². The molecule has 1 aliphatic rings. The molecule has 10 heteroatoms. The van der Waals surface area contributed by atoms with E-state index in [0.29, 0.717) is 0 Å². The Morgan fingerprint density at radius 2 is 1.75 bits per heavy atom. The summed E-state index contributed by atoms with van der Waals surface area (Å²) in [5.74, 6) is 0. The van der Waals surface area contributed by atoms with Crippen molar-refractivity contribution in [3.63, 3.8) is 0 Å². The van der Waals surface area contributed by atoms with Crippen LogP contribution < -0.4 is 9.79 Å². The first-order valence-corrected chi connectivity index (χ1v) is 5.73. The Labute approximate surface area is 90.1 Å². The lowest BCUT2D eigenvalue weighted by molar-refractivity contribution is -0.368. The standard InChI is InChI=1S/C6H13O9P/c7-1-2-3(8)4(9)5(10)6(14-2)15-16(11,12)13/h2-10H,1H2,(H2,11,12,13)/p-2/t2?,3-,4-,5?,6+/m0/s1. The third-order valence-electron chi connectivity index (χ3n) is 2.08. The smallest absolute Gasteiger partial charge is 0.191 e. The molecule has 1 heterocycles. The van der Waals surface area contributed by atoms with Crippen molar-refractivity contribution in [3.8, 4) is 0 Å². The van der Waals surface area contributed by atoms with Crippen molar-refractivity contribution in [2.75, 3.05) is 6.61 Å². The molecule has 1 saturated heterocycles. The van der Waals surface area contributed by atoms with Crippen LogP contribution in [0.5, 0.6) is 0 Å². The normalized spacial score (nSPS) is 41.0. The van der Waals surface area contributed by atoms with Gasteiger partial charge in [0, 0.05) is 0 Å². The lowest BCUT2D eigenvalue weighted by atomic mass is 10.00. The SMILES string of the molecule is O=P([O-])([O-])O[C@H]1OC(CO)[C@H](O)[C@H](O)C1O. The van der Waals surface area contributed by atoms with E-state index in [1.54, 1.807) is 0 Å². The van der Waals surface area contributed by atoms with Gasteiger partial charge in [-0.2, -0.15) is 0 Å². The van der Waals surface area contributed by atoms with Gasteiger partial charge in [-0.3, -0.25) is 0 Å². The summed E-state index contributed by atoms with van der Waals surface area (Å²) in [5, 5.41) is 36.5. The van der Waals surface area contributed by atoms with Crippen LogP contribution in [-0.4, -0.2) is 57.7 Å². The monoisotopic (exact) mass is 258 g/mol. The summed E-state index contributed by atoms with van der Waals surface area (Å²) in [6, 6.07) is 0. The third kappa shape index (κ3) is 3.20. The van der Waals surface area contributed by atoms with Crippen LogP contribution in [0.15, 0.2) is 0 Å². The Balaban J connectivity index is 2.75. The highest BCUT2D eigenvalue weighted by Gasteiger charge is 2.44. The van der Waals surface area contributed by atoms with Crippen molar-refractivity contribution >= 4 is 7.82 Å². The van der Waals surface area contributed by atoms with E-state index in [4.69, 9.17) is 5.11 Å². The van der Waals surface area contributed by atoms with Crippen molar-refractivity contribution in [2.45, 2.75) is 30.7 Å². The summed E-state index contributed by atoms with van der Waals surface area (Å²) in [6.07, 6.45) is -8.61. The van der Waals surface area contributed by atoms with Crippen molar-refractivity contribution in [3.05, 3.63) is 0 Å². The van der Waals surface area contributed by atoms with Gasteiger partial charge >= 0.3 is 0 Å². The molecule has 4 N–H and O–H groups in total. The number of rotatable bonds is 3. The summed E-state index contributed by atoms with van der Waals surface area (Å²) in [7, 11) is -5.41. The first-order chi connectivity index (χ1) is 7.26. The van der Waals surface area contributed by atoms with Gasteiger partial charge in [-0.1, -0.05) is 0 Å². The molecule has 96 valence electrons. The number of hydrogen-bond acceptors (Lipinski definition) is 9. The Morgan fingerprint density at radius 3 is 2.19 bits per heavy atom. The van der Waals surface area contributed by atoms with Crippen LogP contribution in [0.4, 0.5) is 0 Å². The van der Waals surface area contributed by atoms with Gasteiger partial charge < -0.3 is 44.0 Å². The Bertz CT molecular complexity index is 275. The predicted molar refractivity (Wildman–Crippen MR) is 42.5 cm³/mol. The Kier molecular flexibility index (Phi) is 4.41. The largest absolute Gasteiger partial charge is 0.790 e. The molecule has 9 nitrogen and oxygen atoms in total. The molecular weight excluding hydrogens is 247 g/mol. The van der Waals surface area contributed by atoms with Crippen LogP contribution in [-0.2, 0) is 13.8 Å². The molecule has 0 spiro atoms. The average Bonchev–Trinajstić information content (AvgIpc) is 2.17. The Morgan fingerprint density at radius 1 is 1.19 bits per heavy atom. The van der Waals surface area contributed by atoms with Gasteiger partial charge in [-0.15, -0.1) is 0 Å². The van der Waals surface area contributed by atoms with Crippen LogP contribution in [0.3, 0.4) is 0 Å². The van der Waals surface area contributed by atoms with E-state index in [9.17, 15) is 29.7 Å². The van der Waals surface area contributed by atoms with E-state index in [1.807, 2.05) is 0 Å². The zero-order valence-electron chi connectivity index (χ0n) is 7.87. The molecule has 1 aliphatic heterocycles. The van der Waals surface area contributed by atoms with Crippen LogP contribution in [0.2, 0.25) is 0 Å². The van der Waals surface area contributed by atoms with Crippen LogP contribution in [0, 0.1) is 0 Å². The van der Waals surface area contributed by atoms with E-state index < -0.39 is 45.1 Å². The fourth-order valence-corrected chi connectivity index (χ4v) is 1.71. The summed E-state index contributed by atoms with van der Waals surface area (Å²) in [4.78, 5) is 20.6. The first-order valence-electron chi connectivity index (χ1n) is 4.27. The molecule has 5 atom stereocenters. The molecule has 0 radical (unpaired) electrons. The quantitative estimate of drug-likeness (QED) is 0.366. The zero-order valence-corrected chi connectivity index (χ0v) is 8.77. The van der Waals surface area contributed by atoms with E-state index in [0.717, 1.165) is 0 Å². The molecule has 0 aromatic rings. The maximum Gasteiger partial charge on any atom is 0.191 e. The fraction of sp³-hybridized carbons (Fsp3) is 1.00. The van der Waals surface area contributed by atoms with Gasteiger partial charge in [0.1, 0.15) is 24.4 Å². The van der Waals surface area contributed by atoms with Crippen molar-refractivity contribution in [1.82, 2.24) is 0 Å². The summed E-state index contributed by atoms with van der Waals surface area (Å²) in [5.41, 5.74) is 0. The van der Waals surface area contributed by atoms with E-state index in [2.05, 4.69) is 9.26 Å². The lowest BCUT2D eigenvalue weighted by Crippen LogP contribution is -2.59. The molecule has 0 aromatic heterocycles. The number of hydrogen-bond donors (Lipinski definition) is 4. The fourth-order valence-electron chi connectivity index (χ4n) is 1.28. The molecule has 0 amide bonds. The number of aliphatic hydroxyl groups excluding tert-OH is 4. The number of phosphoric ester groups is 1. The summed E-state index contributed by atoms with van der Waals surface area (Å²) in [6.45, 7) is -0.743. The van der Waals surface area contributed by atoms with E-state index >= 15 is 0 Å². The minimum absolute atomic E-state index is 0.743. The van der Waals surface area contributed by atoms with Crippen molar-refractivity contribution in [2.24, 2.45) is 0 Å². The molecule has 1 fully saturated rings. The molecule has 1 rings (SSSR count). The maximum atomic E-state index is 10.3. The molecular formula is C6H11O9P-2. The van der Waals surface area contributed by atoms with Crippen LogP contribution >= 0.6 is 7.82 Å². The minimum atomic E-state index is -5.41. The second kappa shape index (κ2) is 5.05. The van der Waals surface area contributed by atoms with Gasteiger partial charge in [0.15, 0.2) is 6.29 Å². The van der Waals surface area contributed by atoms with Gasteiger partial charge in [-0.25, -0.2) is 0 Å². The highest BCUT2D eigenvalue weighted by Crippen LogP contribution is 2.33. The third-order valence-corrected chi connectivity index (χ3v) is 2.55. The maximum absolute atomic E-state index is 10.3. The van der Waals surface area contributed by atoms with E-state index in [-0.39, 0.29) is 0 Å². The Hall–Kier alpha value is -0.0900. The second-order valence-electron chi connectivity index (χ2n) is 3.25. The molecule has 2 unspecified atom stereocenters. The lowest BCUT2D eigenvalue weighted by Gasteiger charge is -2.43. The molecule has 0 aliphatic carbocycles. The summed E-state index contributed by atoms with van der Waals surface area (Å²) < 4.78 is 18.7. The molecule has 16 heavy (non-hydrogen) atoms. The number of aliphatic hydroxyl groups is 4. The van der Waals surface area contributed by atoms with Crippen LogP contribution in [0.1, 0.15) is 0 Å². The highest BCUT2D eigenvalue weighted by atomic mass is 31.2. The van der Waals surface area contributed by atoms with Gasteiger partial charge in [0.25, 0.3) is 0 Å². The van der Waals surface area contributed by atoms with Gasteiger partial charge in [-0.05, 0) is 0 Å². The molecule has 0 aromatic carbocycles. The topological polar surface area (TPSA) is 163 Å². The van der Waals surface area contributed by atoms with Gasteiger partial charge in [0.2, 0.25) is 0 Å². The average molecular weight is 258 g/mol. The number of phosphoric acid groups is 1. The second-order valence-corrected chi connectivity index (χ2v) is 4.36. The highest BCUT2D eigenvalue weighted by molar-refractivity contribution is 7.43. The van der Waals surface area contributed by atoms with E-state index in [1.165, 1.54) is 0 Å². The minimum Gasteiger partial charge on any atom is -0.790 e. The molecule has 0 bridgehead atoms.